The fraction of sp³-hybridized carbons (Fsp3) is 0.316. The van der Waals surface area contributed by atoms with E-state index >= 15 is 0 Å². The van der Waals surface area contributed by atoms with Gasteiger partial charge in [-0.25, -0.2) is 0 Å². The van der Waals surface area contributed by atoms with E-state index in [4.69, 9.17) is 17.0 Å². The van der Waals surface area contributed by atoms with Gasteiger partial charge in [0, 0.05) is 28.9 Å². The van der Waals surface area contributed by atoms with Crippen molar-refractivity contribution in [2.45, 2.75) is 13.0 Å². The van der Waals surface area contributed by atoms with Gasteiger partial charge in [0.25, 0.3) is 0 Å². The summed E-state index contributed by atoms with van der Waals surface area (Å²) in [6, 6.07) is 16.7. The fourth-order valence-electron chi connectivity index (χ4n) is 2.78. The lowest BCUT2D eigenvalue weighted by atomic mass is 10.1. The first-order chi connectivity index (χ1) is 12.1. The zero-order valence-electron chi connectivity index (χ0n) is 14.2. The van der Waals surface area contributed by atoms with E-state index in [1.165, 1.54) is 11.3 Å². The van der Waals surface area contributed by atoms with E-state index < -0.39 is 0 Å². The molecular formula is C19H22BrN3OS. The molecule has 0 saturated carbocycles. The molecule has 2 aromatic carbocycles. The van der Waals surface area contributed by atoms with Crippen molar-refractivity contribution in [2.24, 2.45) is 0 Å². The minimum absolute atomic E-state index is 0.134. The molecule has 0 radical (unpaired) electrons. The molecule has 2 aromatic rings. The number of benzene rings is 2. The zero-order valence-corrected chi connectivity index (χ0v) is 16.6. The van der Waals surface area contributed by atoms with E-state index in [-0.39, 0.29) is 6.04 Å². The van der Waals surface area contributed by atoms with Crippen molar-refractivity contribution in [3.8, 4) is 0 Å². The lowest BCUT2D eigenvalue weighted by molar-refractivity contribution is 0.122. The number of anilines is 2. The highest BCUT2D eigenvalue weighted by molar-refractivity contribution is 9.10. The summed E-state index contributed by atoms with van der Waals surface area (Å²) in [6.45, 7) is 5.62. The smallest absolute Gasteiger partial charge is 0.171 e. The first-order valence-electron chi connectivity index (χ1n) is 8.37. The molecule has 0 spiro atoms. The number of rotatable bonds is 4. The Labute approximate surface area is 162 Å². The summed E-state index contributed by atoms with van der Waals surface area (Å²) in [7, 11) is 0. The van der Waals surface area contributed by atoms with Gasteiger partial charge in [0.2, 0.25) is 0 Å². The van der Waals surface area contributed by atoms with Gasteiger partial charge in [0.15, 0.2) is 5.11 Å². The van der Waals surface area contributed by atoms with E-state index in [9.17, 15) is 0 Å². The Balaban J connectivity index is 1.55. The molecule has 0 bridgehead atoms. The molecule has 0 aliphatic carbocycles. The van der Waals surface area contributed by atoms with Crippen LogP contribution in [0.25, 0.3) is 0 Å². The van der Waals surface area contributed by atoms with Crippen LogP contribution in [0.4, 0.5) is 11.4 Å². The maximum Gasteiger partial charge on any atom is 0.171 e. The van der Waals surface area contributed by atoms with Gasteiger partial charge in [-0.3, -0.25) is 0 Å². The molecule has 1 heterocycles. The molecule has 1 atom stereocenters. The molecule has 0 unspecified atom stereocenters. The minimum Gasteiger partial charge on any atom is -0.378 e. The minimum atomic E-state index is 0.134. The first-order valence-corrected chi connectivity index (χ1v) is 9.58. The summed E-state index contributed by atoms with van der Waals surface area (Å²) in [5.74, 6) is 0. The summed E-state index contributed by atoms with van der Waals surface area (Å²) >= 11 is 8.85. The van der Waals surface area contributed by atoms with Gasteiger partial charge in [-0.15, -0.1) is 0 Å². The van der Waals surface area contributed by atoms with Gasteiger partial charge in [-0.1, -0.05) is 28.1 Å². The Morgan fingerprint density at radius 3 is 2.36 bits per heavy atom. The van der Waals surface area contributed by atoms with Crippen molar-refractivity contribution >= 4 is 44.6 Å². The highest BCUT2D eigenvalue weighted by Crippen LogP contribution is 2.20. The molecule has 1 fully saturated rings. The number of hydrogen-bond acceptors (Lipinski definition) is 3. The molecule has 1 saturated heterocycles. The third kappa shape index (κ3) is 5.17. The molecule has 4 nitrogen and oxygen atoms in total. The van der Waals surface area contributed by atoms with Crippen LogP contribution in [0.2, 0.25) is 0 Å². The van der Waals surface area contributed by atoms with Crippen LogP contribution in [0, 0.1) is 0 Å². The number of thiocarbonyl (C=S) groups is 1. The van der Waals surface area contributed by atoms with E-state index in [0.29, 0.717) is 5.11 Å². The van der Waals surface area contributed by atoms with Crippen LogP contribution >= 0.6 is 28.1 Å². The molecule has 1 aliphatic heterocycles. The maximum absolute atomic E-state index is 5.42. The predicted octanol–water partition coefficient (Wildman–Crippen LogP) is 4.33. The molecule has 25 heavy (non-hydrogen) atoms. The highest BCUT2D eigenvalue weighted by Gasteiger charge is 2.12. The third-order valence-corrected chi connectivity index (χ3v) is 4.97. The molecular weight excluding hydrogens is 398 g/mol. The molecule has 0 aromatic heterocycles. The second-order valence-electron chi connectivity index (χ2n) is 6.02. The molecule has 2 N–H and O–H groups in total. The second kappa shape index (κ2) is 8.65. The Bertz CT molecular complexity index is 700. The third-order valence-electron chi connectivity index (χ3n) is 4.22. The number of nitrogens with zero attached hydrogens (tertiary/aromatic N) is 1. The number of hydrogen-bond donors (Lipinski definition) is 2. The standard InChI is InChI=1S/C19H22BrN3OS/c1-14(21-19(25)22-17-6-4-16(20)5-7-17)15-2-8-18(9-3-15)23-10-12-24-13-11-23/h2-9,14H,10-13H2,1H3,(H2,21,22,25)/t14-/m1/s1. The monoisotopic (exact) mass is 419 g/mol. The van der Waals surface area contributed by atoms with E-state index in [0.717, 1.165) is 36.5 Å². The summed E-state index contributed by atoms with van der Waals surface area (Å²) in [5, 5.41) is 7.16. The van der Waals surface area contributed by atoms with Crippen molar-refractivity contribution in [1.82, 2.24) is 5.32 Å². The van der Waals surface area contributed by atoms with Crippen LogP contribution in [0.1, 0.15) is 18.5 Å². The van der Waals surface area contributed by atoms with Gasteiger partial charge >= 0.3 is 0 Å². The van der Waals surface area contributed by atoms with Gasteiger partial charge in [0.05, 0.1) is 19.3 Å². The summed E-state index contributed by atoms with van der Waals surface area (Å²) in [6.07, 6.45) is 0. The van der Waals surface area contributed by atoms with Crippen molar-refractivity contribution in [2.75, 3.05) is 36.5 Å². The Hall–Kier alpha value is -1.63. The Morgan fingerprint density at radius 2 is 1.72 bits per heavy atom. The molecule has 0 amide bonds. The van der Waals surface area contributed by atoms with Crippen LogP contribution in [0.15, 0.2) is 53.0 Å². The lowest BCUT2D eigenvalue weighted by Crippen LogP contribution is -2.36. The maximum atomic E-state index is 5.42. The second-order valence-corrected chi connectivity index (χ2v) is 7.34. The molecule has 132 valence electrons. The Morgan fingerprint density at radius 1 is 1.08 bits per heavy atom. The van der Waals surface area contributed by atoms with Gasteiger partial charge in [-0.05, 0) is 61.1 Å². The largest absolute Gasteiger partial charge is 0.378 e. The van der Waals surface area contributed by atoms with Gasteiger partial charge < -0.3 is 20.3 Å². The highest BCUT2D eigenvalue weighted by atomic mass is 79.9. The van der Waals surface area contributed by atoms with Crippen LogP contribution in [0.3, 0.4) is 0 Å². The molecule has 3 rings (SSSR count). The lowest BCUT2D eigenvalue weighted by Gasteiger charge is -2.29. The summed E-state index contributed by atoms with van der Waals surface area (Å²) in [4.78, 5) is 2.35. The predicted molar refractivity (Wildman–Crippen MR) is 111 cm³/mol. The van der Waals surface area contributed by atoms with Crippen molar-refractivity contribution in [3.63, 3.8) is 0 Å². The normalized spacial score (nSPS) is 15.5. The van der Waals surface area contributed by atoms with E-state index in [1.807, 2.05) is 24.3 Å². The number of ether oxygens (including phenoxy) is 1. The SMILES string of the molecule is C[C@@H](NC(=S)Nc1ccc(Br)cc1)c1ccc(N2CCOCC2)cc1. The average molecular weight is 420 g/mol. The first kappa shape index (κ1) is 18.2. The number of nitrogens with one attached hydrogen (secondary N) is 2. The number of morpholine rings is 1. The quantitative estimate of drug-likeness (QED) is 0.720. The van der Waals surface area contributed by atoms with E-state index in [2.05, 4.69) is 62.7 Å². The van der Waals surface area contributed by atoms with Crippen LogP contribution in [-0.2, 0) is 4.74 Å². The Kier molecular flexibility index (Phi) is 6.29. The summed E-state index contributed by atoms with van der Waals surface area (Å²) < 4.78 is 6.45. The average Bonchev–Trinajstić information content (AvgIpc) is 2.64. The fourth-order valence-corrected chi connectivity index (χ4v) is 3.33. The molecule has 6 heteroatoms. The van der Waals surface area contributed by atoms with Gasteiger partial charge in [0.1, 0.15) is 0 Å². The zero-order chi connectivity index (χ0) is 17.6. The van der Waals surface area contributed by atoms with Crippen molar-refractivity contribution in [3.05, 3.63) is 58.6 Å². The van der Waals surface area contributed by atoms with Gasteiger partial charge in [-0.2, -0.15) is 0 Å². The topological polar surface area (TPSA) is 36.5 Å². The van der Waals surface area contributed by atoms with Crippen LogP contribution in [-0.4, -0.2) is 31.4 Å². The van der Waals surface area contributed by atoms with Crippen LogP contribution < -0.4 is 15.5 Å². The van der Waals surface area contributed by atoms with Crippen molar-refractivity contribution in [1.29, 1.82) is 0 Å². The van der Waals surface area contributed by atoms with Crippen LogP contribution in [0.5, 0.6) is 0 Å². The summed E-state index contributed by atoms with van der Waals surface area (Å²) in [5.41, 5.74) is 3.42. The molecule has 1 aliphatic rings. The van der Waals surface area contributed by atoms with Crippen molar-refractivity contribution < 1.29 is 4.74 Å². The van der Waals surface area contributed by atoms with E-state index in [1.54, 1.807) is 0 Å². The number of halogens is 1.